The van der Waals surface area contributed by atoms with Crippen molar-refractivity contribution in [2.75, 3.05) is 5.32 Å². The van der Waals surface area contributed by atoms with Crippen LogP contribution in [0.1, 0.15) is 38.9 Å². The van der Waals surface area contributed by atoms with Gasteiger partial charge in [-0.25, -0.2) is 14.0 Å². The van der Waals surface area contributed by atoms with E-state index in [1.54, 1.807) is 38.2 Å². The fraction of sp³-hybridized carbons (Fsp3) is 0.154. The van der Waals surface area contributed by atoms with Gasteiger partial charge in [-0.05, 0) is 49.7 Å². The summed E-state index contributed by atoms with van der Waals surface area (Å²) in [5, 5.41) is 16.1. The van der Waals surface area contributed by atoms with Crippen molar-refractivity contribution < 1.29 is 9.59 Å². The monoisotopic (exact) mass is 496 g/mol. The molecule has 0 radical (unpaired) electrons. The molecule has 0 aliphatic carbocycles. The van der Waals surface area contributed by atoms with Crippen molar-refractivity contribution in [1.29, 1.82) is 0 Å². The van der Waals surface area contributed by atoms with E-state index in [-0.39, 0.29) is 11.6 Å². The zero-order chi connectivity index (χ0) is 26.3. The number of nitrogens with zero attached hydrogens (tertiary/aromatic N) is 6. The lowest BCUT2D eigenvalue weighted by atomic mass is 10.0. The van der Waals surface area contributed by atoms with Crippen LogP contribution in [0.2, 0.25) is 0 Å². The third-order valence-corrected chi connectivity index (χ3v) is 6.07. The summed E-state index contributed by atoms with van der Waals surface area (Å²) in [6.07, 6.45) is 2.07. The van der Waals surface area contributed by atoms with Crippen molar-refractivity contribution in [2.24, 2.45) is 12.8 Å². The van der Waals surface area contributed by atoms with Gasteiger partial charge < -0.3 is 11.1 Å². The molecule has 0 fully saturated rings. The number of carbonyl (C=O) groups excluding carboxylic acids is 2. The van der Waals surface area contributed by atoms with Gasteiger partial charge in [0.1, 0.15) is 11.8 Å². The van der Waals surface area contributed by atoms with E-state index in [9.17, 15) is 14.4 Å². The minimum atomic E-state index is -0.577. The topological polar surface area (TPSA) is 142 Å². The number of nitrogens with one attached hydrogen (secondary N) is 1. The van der Waals surface area contributed by atoms with Crippen LogP contribution in [0.25, 0.3) is 22.5 Å². The maximum Gasteiger partial charge on any atom is 0.350 e. The van der Waals surface area contributed by atoms with Gasteiger partial charge in [0.25, 0.3) is 5.91 Å². The average Bonchev–Trinajstić information content (AvgIpc) is 3.42. The molecule has 0 aliphatic heterocycles. The predicted octanol–water partition coefficient (Wildman–Crippen LogP) is 2.50. The molecule has 5 rings (SSSR count). The summed E-state index contributed by atoms with van der Waals surface area (Å²) in [5.74, 6) is -0.934. The Balaban J connectivity index is 1.56. The van der Waals surface area contributed by atoms with E-state index >= 15 is 0 Å². The first-order valence-electron chi connectivity index (χ1n) is 11.6. The Bertz CT molecular complexity index is 1730. The van der Waals surface area contributed by atoms with Gasteiger partial charge in [-0.2, -0.15) is 10.2 Å². The smallest absolute Gasteiger partial charge is 0.350 e. The molecule has 0 bridgehead atoms. The first-order valence-corrected chi connectivity index (χ1v) is 11.6. The highest BCUT2D eigenvalue weighted by atomic mass is 16.2. The van der Waals surface area contributed by atoms with Crippen molar-refractivity contribution in [2.45, 2.75) is 20.3 Å². The fourth-order valence-corrected chi connectivity index (χ4v) is 4.27. The number of carbonyl (C=O) groups is 2. The van der Waals surface area contributed by atoms with Crippen molar-refractivity contribution in [3.8, 4) is 16.9 Å². The number of aromatic nitrogens is 6. The minimum Gasteiger partial charge on any atom is -0.366 e. The maximum absolute atomic E-state index is 13.4. The van der Waals surface area contributed by atoms with Crippen molar-refractivity contribution in [3.05, 3.63) is 93.8 Å². The van der Waals surface area contributed by atoms with Crippen LogP contribution in [-0.4, -0.2) is 41.0 Å². The molecule has 0 atom stereocenters. The van der Waals surface area contributed by atoms with Gasteiger partial charge in [0.15, 0.2) is 0 Å². The highest BCUT2D eigenvalue weighted by Gasteiger charge is 2.22. The summed E-state index contributed by atoms with van der Waals surface area (Å²) in [6.45, 7) is 3.78. The summed E-state index contributed by atoms with van der Waals surface area (Å²) in [6, 6.07) is 15.6. The van der Waals surface area contributed by atoms with Gasteiger partial charge >= 0.3 is 5.69 Å². The number of amides is 2. The number of nitrogens with two attached hydrogens (primary N) is 1. The Morgan fingerprint density at radius 2 is 1.81 bits per heavy atom. The van der Waals surface area contributed by atoms with E-state index in [0.29, 0.717) is 45.8 Å². The quantitative estimate of drug-likeness (QED) is 0.370. The van der Waals surface area contributed by atoms with Gasteiger partial charge in [-0.1, -0.05) is 25.1 Å². The van der Waals surface area contributed by atoms with Crippen molar-refractivity contribution in [3.63, 3.8) is 0 Å². The second kappa shape index (κ2) is 9.19. The number of fused-ring (bicyclic) bond motifs is 1. The van der Waals surface area contributed by atoms with Crippen LogP contribution >= 0.6 is 0 Å². The second-order valence-corrected chi connectivity index (χ2v) is 8.57. The van der Waals surface area contributed by atoms with E-state index in [0.717, 1.165) is 11.1 Å². The molecule has 2 aromatic carbocycles. The minimum absolute atomic E-state index is 0.244. The number of rotatable bonds is 6. The summed E-state index contributed by atoms with van der Waals surface area (Å²) < 4.78 is 4.20. The van der Waals surface area contributed by atoms with Crippen LogP contribution in [0.5, 0.6) is 0 Å². The molecule has 3 aromatic heterocycles. The van der Waals surface area contributed by atoms with Crippen LogP contribution in [0.4, 0.5) is 5.69 Å². The number of aryl methyl sites for hydroxylation is 3. The SMILES string of the molecule is CCc1c(-c2ccc(-n3cnn(C)c3=O)cc2)nn2nc(C)cc(C(=O)Nc3cccc(C(N)=O)c3)c12. The molecule has 11 heteroatoms. The molecule has 3 heterocycles. The Morgan fingerprint density at radius 1 is 1.05 bits per heavy atom. The zero-order valence-corrected chi connectivity index (χ0v) is 20.5. The third kappa shape index (κ3) is 4.27. The molecular weight excluding hydrogens is 472 g/mol. The third-order valence-electron chi connectivity index (χ3n) is 6.07. The number of hydrogen-bond acceptors (Lipinski definition) is 6. The molecule has 11 nitrogen and oxygen atoms in total. The van der Waals surface area contributed by atoms with Crippen LogP contribution in [0, 0.1) is 6.92 Å². The number of hydrogen-bond donors (Lipinski definition) is 2. The average molecular weight is 497 g/mol. The normalized spacial score (nSPS) is 11.1. The molecular formula is C26H24N8O3. The fourth-order valence-electron chi connectivity index (χ4n) is 4.27. The number of anilines is 1. The summed E-state index contributed by atoms with van der Waals surface area (Å²) in [7, 11) is 1.59. The zero-order valence-electron chi connectivity index (χ0n) is 20.5. The summed E-state index contributed by atoms with van der Waals surface area (Å²) in [4.78, 5) is 37.1. The lowest BCUT2D eigenvalue weighted by molar-refractivity contribution is 0.0996. The summed E-state index contributed by atoms with van der Waals surface area (Å²) >= 11 is 0. The number of benzene rings is 2. The Labute approximate surface area is 211 Å². The molecule has 186 valence electrons. The molecule has 37 heavy (non-hydrogen) atoms. The Morgan fingerprint density at radius 3 is 2.46 bits per heavy atom. The van der Waals surface area contributed by atoms with Crippen LogP contribution in [0.15, 0.2) is 65.7 Å². The first-order chi connectivity index (χ1) is 17.8. The first kappa shape index (κ1) is 23.7. The predicted molar refractivity (Wildman–Crippen MR) is 138 cm³/mol. The molecule has 0 saturated carbocycles. The summed E-state index contributed by atoms with van der Waals surface area (Å²) in [5.41, 5.74) is 10.5. The highest BCUT2D eigenvalue weighted by Crippen LogP contribution is 2.29. The largest absolute Gasteiger partial charge is 0.366 e. The van der Waals surface area contributed by atoms with Gasteiger partial charge in [0.05, 0.1) is 22.6 Å². The Kier molecular flexibility index (Phi) is 5.88. The van der Waals surface area contributed by atoms with E-state index in [2.05, 4.69) is 15.5 Å². The van der Waals surface area contributed by atoms with E-state index in [4.69, 9.17) is 10.8 Å². The van der Waals surface area contributed by atoms with Gasteiger partial charge in [-0.15, -0.1) is 9.73 Å². The Hall–Kier alpha value is -5.06. The molecule has 5 aromatic rings. The van der Waals surface area contributed by atoms with Gasteiger partial charge in [0.2, 0.25) is 5.91 Å². The van der Waals surface area contributed by atoms with Crippen molar-refractivity contribution >= 4 is 23.0 Å². The standard InChI is InChI=1S/C26H24N8O3/c1-4-20-22(16-8-10-19(11-9-16)33-14-28-32(3)26(33)37)31-34-23(20)21(12-15(2)30-34)25(36)29-18-7-5-6-17(13-18)24(27)35/h5-14H,4H2,1-3H3,(H2,27,35)(H,29,36). The van der Waals surface area contributed by atoms with Gasteiger partial charge in [0, 0.05) is 29.4 Å². The molecule has 0 unspecified atom stereocenters. The highest BCUT2D eigenvalue weighted by molar-refractivity contribution is 6.10. The number of primary amides is 1. The maximum atomic E-state index is 13.4. The van der Waals surface area contributed by atoms with Crippen molar-refractivity contribution in [1.82, 2.24) is 29.2 Å². The van der Waals surface area contributed by atoms with E-state index in [1.165, 1.54) is 26.3 Å². The second-order valence-electron chi connectivity index (χ2n) is 8.57. The lowest BCUT2D eigenvalue weighted by Crippen LogP contribution is -2.21. The lowest BCUT2D eigenvalue weighted by Gasteiger charge is -2.09. The molecule has 0 saturated heterocycles. The molecule has 2 amide bonds. The van der Waals surface area contributed by atoms with Crippen LogP contribution in [0.3, 0.4) is 0 Å². The van der Waals surface area contributed by atoms with Crippen LogP contribution in [-0.2, 0) is 13.5 Å². The van der Waals surface area contributed by atoms with E-state index in [1.807, 2.05) is 31.2 Å². The molecule has 0 aliphatic rings. The van der Waals surface area contributed by atoms with Gasteiger partial charge in [-0.3, -0.25) is 9.59 Å². The molecule has 3 N–H and O–H groups in total. The van der Waals surface area contributed by atoms with E-state index < -0.39 is 5.91 Å². The molecule has 0 spiro atoms. The van der Waals surface area contributed by atoms with Crippen LogP contribution < -0.4 is 16.7 Å².